The molecule has 0 spiro atoms. The second kappa shape index (κ2) is 4.43. The van der Waals surface area contributed by atoms with E-state index < -0.39 is 0 Å². The number of rotatable bonds is 2. The molecule has 1 aliphatic heterocycles. The van der Waals surface area contributed by atoms with Gasteiger partial charge in [-0.2, -0.15) is 0 Å². The maximum Gasteiger partial charge on any atom is 0.234 e. The van der Waals surface area contributed by atoms with Crippen molar-refractivity contribution in [1.29, 1.82) is 0 Å². The lowest BCUT2D eigenvalue weighted by Crippen LogP contribution is -2.44. The number of pyridine rings is 1. The first-order valence-electron chi connectivity index (χ1n) is 5.46. The molecule has 2 heterocycles. The molecule has 2 amide bonds. The molecule has 1 aromatic rings. The summed E-state index contributed by atoms with van der Waals surface area (Å²) in [7, 11) is 0. The summed E-state index contributed by atoms with van der Waals surface area (Å²) in [5.74, 6) is -0.519. The fourth-order valence-corrected chi connectivity index (χ4v) is 2.20. The van der Waals surface area contributed by atoms with Crippen LogP contribution in [0.3, 0.4) is 0 Å². The average molecular weight is 218 g/mol. The Balaban J connectivity index is 2.30. The van der Waals surface area contributed by atoms with Gasteiger partial charge in [-0.3, -0.25) is 19.9 Å². The molecule has 0 radical (unpaired) electrons. The van der Waals surface area contributed by atoms with E-state index in [0.29, 0.717) is 6.42 Å². The lowest BCUT2D eigenvalue weighted by molar-refractivity contribution is -0.136. The van der Waals surface area contributed by atoms with Crippen LogP contribution < -0.4 is 5.32 Å². The second-order valence-electron chi connectivity index (χ2n) is 4.05. The second-order valence-corrected chi connectivity index (χ2v) is 4.05. The van der Waals surface area contributed by atoms with Crippen LogP contribution in [0.5, 0.6) is 0 Å². The Kier molecular flexibility index (Phi) is 2.99. The van der Waals surface area contributed by atoms with Gasteiger partial charge in [0.15, 0.2) is 0 Å². The van der Waals surface area contributed by atoms with Crippen molar-refractivity contribution in [3.8, 4) is 0 Å². The lowest BCUT2D eigenvalue weighted by atomic mass is 9.80. The molecular formula is C12H14N2O2. The van der Waals surface area contributed by atoms with Gasteiger partial charge < -0.3 is 0 Å². The first kappa shape index (κ1) is 10.8. The summed E-state index contributed by atoms with van der Waals surface area (Å²) in [5, 5.41) is 2.39. The smallest absolute Gasteiger partial charge is 0.234 e. The fraction of sp³-hybridized carbons (Fsp3) is 0.417. The number of imide groups is 1. The van der Waals surface area contributed by atoms with Crippen molar-refractivity contribution in [2.45, 2.75) is 25.7 Å². The van der Waals surface area contributed by atoms with Gasteiger partial charge in [0, 0.05) is 18.8 Å². The molecule has 1 aliphatic rings. The third kappa shape index (κ3) is 1.96. The number of amides is 2. The molecule has 0 aliphatic carbocycles. The summed E-state index contributed by atoms with van der Waals surface area (Å²) >= 11 is 0. The van der Waals surface area contributed by atoms with E-state index in [9.17, 15) is 9.59 Å². The summed E-state index contributed by atoms with van der Waals surface area (Å²) in [6.45, 7) is 2.00. The molecule has 2 unspecified atom stereocenters. The largest absolute Gasteiger partial charge is 0.296 e. The first-order valence-corrected chi connectivity index (χ1v) is 5.46. The molecule has 0 aromatic carbocycles. The molecule has 16 heavy (non-hydrogen) atoms. The zero-order chi connectivity index (χ0) is 11.5. The van der Waals surface area contributed by atoms with Crippen LogP contribution in [0.4, 0.5) is 0 Å². The van der Waals surface area contributed by atoms with Crippen LogP contribution in [0.15, 0.2) is 24.5 Å². The fourth-order valence-electron chi connectivity index (χ4n) is 2.20. The van der Waals surface area contributed by atoms with Crippen molar-refractivity contribution in [2.75, 3.05) is 0 Å². The minimum atomic E-state index is -0.239. The number of carbonyl (C=O) groups excluding carboxylic acids is 2. The monoisotopic (exact) mass is 218 g/mol. The Morgan fingerprint density at radius 1 is 1.50 bits per heavy atom. The Morgan fingerprint density at radius 2 is 2.31 bits per heavy atom. The van der Waals surface area contributed by atoms with E-state index in [0.717, 1.165) is 12.0 Å². The molecule has 1 N–H and O–H groups in total. The van der Waals surface area contributed by atoms with Crippen molar-refractivity contribution >= 4 is 11.8 Å². The van der Waals surface area contributed by atoms with Crippen LogP contribution in [-0.4, -0.2) is 16.8 Å². The number of nitrogens with one attached hydrogen (secondary N) is 1. The Bertz CT molecular complexity index is 403. The average Bonchev–Trinajstić information content (AvgIpc) is 2.29. The van der Waals surface area contributed by atoms with Gasteiger partial charge in [0.1, 0.15) is 0 Å². The van der Waals surface area contributed by atoms with Crippen LogP contribution in [0.1, 0.15) is 31.2 Å². The van der Waals surface area contributed by atoms with Gasteiger partial charge in [-0.25, -0.2) is 0 Å². The Hall–Kier alpha value is -1.71. The van der Waals surface area contributed by atoms with E-state index in [4.69, 9.17) is 0 Å². The highest BCUT2D eigenvalue weighted by atomic mass is 16.2. The van der Waals surface area contributed by atoms with E-state index in [-0.39, 0.29) is 23.7 Å². The summed E-state index contributed by atoms with van der Waals surface area (Å²) < 4.78 is 0. The molecular weight excluding hydrogens is 204 g/mol. The van der Waals surface area contributed by atoms with E-state index in [2.05, 4.69) is 10.3 Å². The van der Waals surface area contributed by atoms with E-state index in [1.807, 2.05) is 19.1 Å². The van der Waals surface area contributed by atoms with Crippen LogP contribution >= 0.6 is 0 Å². The molecule has 2 rings (SSSR count). The molecule has 0 bridgehead atoms. The van der Waals surface area contributed by atoms with E-state index >= 15 is 0 Å². The summed E-state index contributed by atoms with van der Waals surface area (Å²) in [6.07, 6.45) is 4.61. The van der Waals surface area contributed by atoms with Gasteiger partial charge in [0.05, 0.1) is 5.92 Å². The molecule has 1 saturated heterocycles. The number of nitrogens with zero attached hydrogens (tertiary/aromatic N) is 1. The number of aromatic nitrogens is 1. The molecule has 2 atom stereocenters. The van der Waals surface area contributed by atoms with Gasteiger partial charge >= 0.3 is 0 Å². The number of piperidine rings is 1. The van der Waals surface area contributed by atoms with Crippen LogP contribution in [0.25, 0.3) is 0 Å². The topological polar surface area (TPSA) is 59.1 Å². The molecule has 4 nitrogen and oxygen atoms in total. The highest BCUT2D eigenvalue weighted by molar-refractivity contribution is 6.01. The van der Waals surface area contributed by atoms with Gasteiger partial charge in [0.2, 0.25) is 11.8 Å². The Morgan fingerprint density at radius 3 is 2.94 bits per heavy atom. The van der Waals surface area contributed by atoms with Crippen molar-refractivity contribution in [1.82, 2.24) is 10.3 Å². The maximum atomic E-state index is 11.8. The van der Waals surface area contributed by atoms with Crippen molar-refractivity contribution in [2.24, 2.45) is 5.92 Å². The van der Waals surface area contributed by atoms with Crippen molar-refractivity contribution in [3.05, 3.63) is 30.1 Å². The number of hydrogen-bond acceptors (Lipinski definition) is 3. The maximum absolute atomic E-state index is 11.8. The van der Waals surface area contributed by atoms with E-state index in [1.54, 1.807) is 12.4 Å². The van der Waals surface area contributed by atoms with Gasteiger partial charge in [0.25, 0.3) is 0 Å². The van der Waals surface area contributed by atoms with Gasteiger partial charge in [-0.1, -0.05) is 19.4 Å². The zero-order valence-corrected chi connectivity index (χ0v) is 9.14. The molecule has 1 fully saturated rings. The van der Waals surface area contributed by atoms with Gasteiger partial charge in [-0.15, -0.1) is 0 Å². The third-order valence-corrected chi connectivity index (χ3v) is 3.03. The predicted molar refractivity (Wildman–Crippen MR) is 58.5 cm³/mol. The third-order valence-electron chi connectivity index (χ3n) is 3.03. The van der Waals surface area contributed by atoms with Crippen LogP contribution in [-0.2, 0) is 9.59 Å². The summed E-state index contributed by atoms with van der Waals surface area (Å²) in [6, 6.07) is 3.70. The summed E-state index contributed by atoms with van der Waals surface area (Å²) in [4.78, 5) is 27.1. The lowest BCUT2D eigenvalue weighted by Gasteiger charge is -2.29. The quantitative estimate of drug-likeness (QED) is 0.760. The standard InChI is InChI=1S/C12H14N2O2/c1-2-8-6-10(15)14-12(16)11(8)9-4-3-5-13-7-9/h3-5,7-8,11H,2,6H2,1H3,(H,14,15,16). The number of carbonyl (C=O) groups is 2. The van der Waals surface area contributed by atoms with Crippen molar-refractivity contribution < 1.29 is 9.59 Å². The zero-order valence-electron chi connectivity index (χ0n) is 9.14. The minimum absolute atomic E-state index is 0.0884. The van der Waals surface area contributed by atoms with Crippen LogP contribution in [0, 0.1) is 5.92 Å². The SMILES string of the molecule is CCC1CC(=O)NC(=O)C1c1cccnc1. The molecule has 84 valence electrons. The molecule has 1 aromatic heterocycles. The molecule has 4 heteroatoms. The highest BCUT2D eigenvalue weighted by Gasteiger charge is 2.35. The number of hydrogen-bond donors (Lipinski definition) is 1. The normalized spacial score (nSPS) is 25.3. The van der Waals surface area contributed by atoms with Crippen molar-refractivity contribution in [3.63, 3.8) is 0 Å². The summed E-state index contributed by atoms with van der Waals surface area (Å²) in [5.41, 5.74) is 0.888. The predicted octanol–water partition coefficient (Wildman–Crippen LogP) is 1.24. The minimum Gasteiger partial charge on any atom is -0.296 e. The Labute approximate surface area is 94.1 Å². The van der Waals surface area contributed by atoms with Crippen LogP contribution in [0.2, 0.25) is 0 Å². The highest BCUT2D eigenvalue weighted by Crippen LogP contribution is 2.32. The van der Waals surface area contributed by atoms with E-state index in [1.165, 1.54) is 0 Å². The first-order chi connectivity index (χ1) is 7.72. The molecule has 0 saturated carbocycles. The van der Waals surface area contributed by atoms with Gasteiger partial charge in [-0.05, 0) is 17.5 Å².